The second kappa shape index (κ2) is 4.76. The van der Waals surface area contributed by atoms with Crippen molar-refractivity contribution in [1.82, 2.24) is 0 Å². The molecule has 0 saturated carbocycles. The Morgan fingerprint density at radius 3 is 2.61 bits per heavy atom. The van der Waals surface area contributed by atoms with Crippen LogP contribution in [-0.2, 0) is 6.18 Å². The first-order chi connectivity index (χ1) is 8.38. The number of anilines is 1. The van der Waals surface area contributed by atoms with Gasteiger partial charge in [-0.1, -0.05) is 0 Å². The van der Waals surface area contributed by atoms with Crippen LogP contribution in [0.15, 0.2) is 18.2 Å². The minimum Gasteiger partial charge on any atom is -0.370 e. The van der Waals surface area contributed by atoms with Gasteiger partial charge in [-0.05, 0) is 31.0 Å². The highest BCUT2D eigenvalue weighted by Crippen LogP contribution is 2.34. The van der Waals surface area contributed by atoms with Gasteiger partial charge in [-0.25, -0.2) is 4.39 Å². The molecule has 1 atom stereocenters. The number of nitrogens with two attached hydrogens (primary N) is 1. The van der Waals surface area contributed by atoms with Crippen LogP contribution in [0, 0.1) is 5.82 Å². The highest BCUT2D eigenvalue weighted by molar-refractivity contribution is 5.50. The highest BCUT2D eigenvalue weighted by Gasteiger charge is 2.34. The zero-order valence-corrected chi connectivity index (χ0v) is 9.67. The average Bonchev–Trinajstić information content (AvgIpc) is 2.28. The molecule has 1 aromatic rings. The van der Waals surface area contributed by atoms with Crippen LogP contribution in [0.4, 0.5) is 23.2 Å². The Morgan fingerprint density at radius 2 is 2.00 bits per heavy atom. The molecule has 2 nitrogen and oxygen atoms in total. The molecule has 2 rings (SSSR count). The van der Waals surface area contributed by atoms with Crippen LogP contribution in [0.1, 0.15) is 18.4 Å². The van der Waals surface area contributed by atoms with Gasteiger partial charge >= 0.3 is 6.18 Å². The normalized spacial score (nSPS) is 21.2. The first-order valence-electron chi connectivity index (χ1n) is 5.75. The van der Waals surface area contributed by atoms with E-state index in [4.69, 9.17) is 5.73 Å². The second-order valence-electron chi connectivity index (χ2n) is 4.51. The van der Waals surface area contributed by atoms with Crippen LogP contribution >= 0.6 is 0 Å². The van der Waals surface area contributed by atoms with Gasteiger partial charge in [0.15, 0.2) is 0 Å². The minimum absolute atomic E-state index is 0.0434. The summed E-state index contributed by atoms with van der Waals surface area (Å²) in [5.41, 5.74) is 4.93. The first kappa shape index (κ1) is 13.1. The van der Waals surface area contributed by atoms with Crippen molar-refractivity contribution in [3.8, 4) is 0 Å². The van der Waals surface area contributed by atoms with E-state index in [1.165, 1.54) is 6.07 Å². The van der Waals surface area contributed by atoms with E-state index >= 15 is 0 Å². The zero-order valence-electron chi connectivity index (χ0n) is 9.67. The lowest BCUT2D eigenvalue weighted by molar-refractivity contribution is -0.139. The second-order valence-corrected chi connectivity index (χ2v) is 4.51. The summed E-state index contributed by atoms with van der Waals surface area (Å²) in [6.07, 6.45) is -2.97. The Bertz CT molecular complexity index is 431. The first-order valence-corrected chi connectivity index (χ1v) is 5.75. The Labute approximate surface area is 102 Å². The summed E-state index contributed by atoms with van der Waals surface area (Å²) in [6, 6.07) is 3.03. The zero-order chi connectivity index (χ0) is 13.3. The number of hydrogen-bond acceptors (Lipinski definition) is 2. The van der Waals surface area contributed by atoms with Crippen molar-refractivity contribution in [1.29, 1.82) is 0 Å². The number of rotatable bonds is 1. The van der Waals surface area contributed by atoms with Gasteiger partial charge in [-0.15, -0.1) is 0 Å². The fraction of sp³-hybridized carbons (Fsp3) is 0.500. The summed E-state index contributed by atoms with van der Waals surface area (Å²) in [5, 5.41) is 0. The fourth-order valence-corrected chi connectivity index (χ4v) is 2.17. The molecule has 1 saturated heterocycles. The van der Waals surface area contributed by atoms with Gasteiger partial charge in [0.05, 0.1) is 5.56 Å². The summed E-state index contributed by atoms with van der Waals surface area (Å²) in [4.78, 5) is 1.77. The van der Waals surface area contributed by atoms with Crippen molar-refractivity contribution < 1.29 is 17.6 Å². The van der Waals surface area contributed by atoms with Gasteiger partial charge in [0.2, 0.25) is 0 Å². The maximum Gasteiger partial charge on any atom is 0.419 e. The third-order valence-corrected chi connectivity index (χ3v) is 3.08. The Morgan fingerprint density at radius 1 is 1.28 bits per heavy atom. The van der Waals surface area contributed by atoms with E-state index in [0.29, 0.717) is 18.8 Å². The quantitative estimate of drug-likeness (QED) is 0.788. The van der Waals surface area contributed by atoms with E-state index < -0.39 is 17.6 Å². The lowest BCUT2D eigenvalue weighted by atomic mass is 10.0. The van der Waals surface area contributed by atoms with E-state index in [9.17, 15) is 17.6 Å². The summed E-state index contributed by atoms with van der Waals surface area (Å²) in [7, 11) is 0. The molecule has 1 aliphatic rings. The molecule has 0 aromatic heterocycles. The molecule has 1 aromatic carbocycles. The third-order valence-electron chi connectivity index (χ3n) is 3.08. The molecule has 100 valence electrons. The van der Waals surface area contributed by atoms with Crippen LogP contribution in [0.25, 0.3) is 0 Å². The molecule has 6 heteroatoms. The SMILES string of the molecule is NC1CCCN(c2ccc(F)c(C(F)(F)F)c2)C1. The number of hydrogen-bond donors (Lipinski definition) is 1. The highest BCUT2D eigenvalue weighted by atomic mass is 19.4. The van der Waals surface area contributed by atoms with Gasteiger partial charge in [0, 0.05) is 24.8 Å². The molecule has 1 aliphatic heterocycles. The van der Waals surface area contributed by atoms with Crippen molar-refractivity contribution in [2.24, 2.45) is 5.73 Å². The molecule has 18 heavy (non-hydrogen) atoms. The van der Waals surface area contributed by atoms with E-state index in [1.54, 1.807) is 4.90 Å². The topological polar surface area (TPSA) is 29.3 Å². The largest absolute Gasteiger partial charge is 0.419 e. The van der Waals surface area contributed by atoms with Crippen molar-refractivity contribution in [3.05, 3.63) is 29.6 Å². The Hall–Kier alpha value is -1.30. The van der Waals surface area contributed by atoms with Gasteiger partial charge < -0.3 is 10.6 Å². The van der Waals surface area contributed by atoms with Crippen molar-refractivity contribution in [3.63, 3.8) is 0 Å². The van der Waals surface area contributed by atoms with E-state index in [1.807, 2.05) is 0 Å². The molecule has 0 radical (unpaired) electrons. The molecular weight excluding hydrogens is 248 g/mol. The van der Waals surface area contributed by atoms with E-state index in [-0.39, 0.29) is 6.04 Å². The summed E-state index contributed by atoms with van der Waals surface area (Å²) >= 11 is 0. The number of piperidine rings is 1. The van der Waals surface area contributed by atoms with Gasteiger partial charge in [-0.2, -0.15) is 13.2 Å². The predicted octanol–water partition coefficient (Wildman–Crippen LogP) is 2.77. The van der Waals surface area contributed by atoms with E-state index in [0.717, 1.165) is 25.0 Å². The van der Waals surface area contributed by atoms with Crippen molar-refractivity contribution in [2.75, 3.05) is 18.0 Å². The molecule has 0 amide bonds. The van der Waals surface area contributed by atoms with Gasteiger partial charge in [0.1, 0.15) is 5.82 Å². The maximum atomic E-state index is 13.1. The number of halogens is 4. The standard InChI is InChI=1S/C12H14F4N2/c13-11-4-3-9(6-10(11)12(14,15)16)18-5-1-2-8(17)7-18/h3-4,6,8H,1-2,5,7,17H2. The summed E-state index contributed by atoms with van der Waals surface area (Å²) < 4.78 is 50.9. The average molecular weight is 262 g/mol. The number of benzene rings is 1. The molecule has 1 unspecified atom stereocenters. The minimum atomic E-state index is -4.67. The maximum absolute atomic E-state index is 13.1. The van der Waals surface area contributed by atoms with Crippen molar-refractivity contribution >= 4 is 5.69 Å². The van der Waals surface area contributed by atoms with Crippen LogP contribution in [0.3, 0.4) is 0 Å². The monoisotopic (exact) mass is 262 g/mol. The van der Waals surface area contributed by atoms with E-state index in [2.05, 4.69) is 0 Å². The van der Waals surface area contributed by atoms with Crippen LogP contribution in [0.5, 0.6) is 0 Å². The van der Waals surface area contributed by atoms with Gasteiger partial charge in [-0.3, -0.25) is 0 Å². The molecule has 0 aliphatic carbocycles. The van der Waals surface area contributed by atoms with Crippen LogP contribution in [-0.4, -0.2) is 19.1 Å². The van der Waals surface area contributed by atoms with Gasteiger partial charge in [0.25, 0.3) is 0 Å². The molecule has 1 fully saturated rings. The molecule has 0 spiro atoms. The molecular formula is C12H14F4N2. The lowest BCUT2D eigenvalue weighted by Gasteiger charge is -2.33. The summed E-state index contributed by atoms with van der Waals surface area (Å²) in [5.74, 6) is -1.24. The van der Waals surface area contributed by atoms with Crippen LogP contribution < -0.4 is 10.6 Å². The molecule has 2 N–H and O–H groups in total. The Kier molecular flexibility index (Phi) is 3.47. The Balaban J connectivity index is 2.29. The fourth-order valence-electron chi connectivity index (χ4n) is 2.17. The van der Waals surface area contributed by atoms with Crippen LogP contribution in [0.2, 0.25) is 0 Å². The predicted molar refractivity (Wildman–Crippen MR) is 60.8 cm³/mol. The smallest absolute Gasteiger partial charge is 0.370 e. The molecule has 1 heterocycles. The van der Waals surface area contributed by atoms with Crippen molar-refractivity contribution in [2.45, 2.75) is 25.1 Å². The lowest BCUT2D eigenvalue weighted by Crippen LogP contribution is -2.42. The third kappa shape index (κ3) is 2.75. The number of alkyl halides is 3. The number of nitrogens with zero attached hydrogens (tertiary/aromatic N) is 1. The molecule has 0 bridgehead atoms. The summed E-state index contributed by atoms with van der Waals surface area (Å²) in [6.45, 7) is 1.15.